The predicted molar refractivity (Wildman–Crippen MR) is 61.4 cm³/mol. The second-order valence-corrected chi connectivity index (χ2v) is 6.04. The van der Waals surface area contributed by atoms with Crippen molar-refractivity contribution in [2.75, 3.05) is 0 Å². The molecule has 0 aliphatic carbocycles. The van der Waals surface area contributed by atoms with Gasteiger partial charge in [0.1, 0.15) is 0 Å². The molecule has 0 saturated carbocycles. The molecule has 2 aliphatic rings. The first-order valence-electron chi connectivity index (χ1n) is 6.36. The Morgan fingerprint density at radius 3 is 2.57 bits per heavy atom. The Morgan fingerprint density at radius 1 is 1.14 bits per heavy atom. The van der Waals surface area contributed by atoms with Crippen molar-refractivity contribution < 1.29 is 0 Å². The summed E-state index contributed by atoms with van der Waals surface area (Å²) in [5.74, 6) is 0.837. The molecule has 0 aromatic carbocycles. The van der Waals surface area contributed by atoms with E-state index in [0.29, 0.717) is 5.41 Å². The molecule has 0 spiro atoms. The monoisotopic (exact) mass is 195 g/mol. The lowest BCUT2D eigenvalue weighted by molar-refractivity contribution is 0.171. The van der Waals surface area contributed by atoms with Crippen molar-refractivity contribution in [3.8, 4) is 0 Å². The highest BCUT2D eigenvalue weighted by molar-refractivity contribution is 4.92. The van der Waals surface area contributed by atoms with Gasteiger partial charge in [0.05, 0.1) is 0 Å². The highest BCUT2D eigenvalue weighted by Crippen LogP contribution is 2.42. The van der Waals surface area contributed by atoms with E-state index in [1.54, 1.807) is 0 Å². The number of fused-ring (bicyclic) bond motifs is 2. The molecule has 0 aromatic heterocycles. The summed E-state index contributed by atoms with van der Waals surface area (Å²) < 4.78 is 0. The Bertz CT molecular complexity index is 199. The van der Waals surface area contributed by atoms with E-state index in [1.807, 2.05) is 0 Å². The SMILES string of the molecule is CC(C)C1(C)CCC2CCCC(C1)N2. The van der Waals surface area contributed by atoms with Crippen LogP contribution < -0.4 is 5.32 Å². The van der Waals surface area contributed by atoms with Gasteiger partial charge in [-0.05, 0) is 43.4 Å². The molecule has 3 atom stereocenters. The van der Waals surface area contributed by atoms with Gasteiger partial charge in [0.25, 0.3) is 0 Å². The molecule has 2 aliphatic heterocycles. The van der Waals surface area contributed by atoms with Crippen molar-refractivity contribution in [3.63, 3.8) is 0 Å². The lowest BCUT2D eigenvalue weighted by Gasteiger charge is -2.35. The molecule has 2 rings (SSSR count). The fourth-order valence-corrected chi connectivity index (χ4v) is 3.19. The summed E-state index contributed by atoms with van der Waals surface area (Å²) in [6, 6.07) is 1.66. The minimum absolute atomic E-state index is 0.594. The Labute approximate surface area is 88.7 Å². The highest BCUT2D eigenvalue weighted by Gasteiger charge is 2.36. The maximum Gasteiger partial charge on any atom is 0.00749 e. The summed E-state index contributed by atoms with van der Waals surface area (Å²) in [7, 11) is 0. The number of hydrogen-bond acceptors (Lipinski definition) is 1. The molecule has 2 bridgehead atoms. The molecule has 2 saturated heterocycles. The summed E-state index contributed by atoms with van der Waals surface area (Å²) >= 11 is 0. The zero-order chi connectivity index (χ0) is 10.2. The molecule has 1 nitrogen and oxygen atoms in total. The Kier molecular flexibility index (Phi) is 2.88. The largest absolute Gasteiger partial charge is 0.311 e. The lowest BCUT2D eigenvalue weighted by Crippen LogP contribution is -2.41. The molecule has 0 amide bonds. The van der Waals surface area contributed by atoms with Gasteiger partial charge in [-0.25, -0.2) is 0 Å². The van der Waals surface area contributed by atoms with E-state index in [2.05, 4.69) is 26.1 Å². The van der Waals surface area contributed by atoms with Crippen LogP contribution in [0.4, 0.5) is 0 Å². The summed E-state index contributed by atoms with van der Waals surface area (Å²) in [5, 5.41) is 3.83. The van der Waals surface area contributed by atoms with E-state index in [9.17, 15) is 0 Å². The normalized spacial score (nSPS) is 43.7. The zero-order valence-corrected chi connectivity index (χ0v) is 9.97. The maximum atomic E-state index is 3.83. The fraction of sp³-hybridized carbons (Fsp3) is 1.00. The van der Waals surface area contributed by atoms with E-state index in [0.717, 1.165) is 18.0 Å². The average Bonchev–Trinajstić information content (AvgIpc) is 2.25. The van der Waals surface area contributed by atoms with Crippen molar-refractivity contribution in [2.45, 2.75) is 71.4 Å². The van der Waals surface area contributed by atoms with E-state index in [1.165, 1.54) is 38.5 Å². The molecule has 82 valence electrons. The smallest absolute Gasteiger partial charge is 0.00749 e. The van der Waals surface area contributed by atoms with Gasteiger partial charge in [0.2, 0.25) is 0 Å². The quantitative estimate of drug-likeness (QED) is 0.676. The molecule has 3 unspecified atom stereocenters. The average molecular weight is 195 g/mol. The van der Waals surface area contributed by atoms with Gasteiger partial charge in [-0.2, -0.15) is 0 Å². The third-order valence-electron chi connectivity index (χ3n) is 4.75. The first kappa shape index (κ1) is 10.5. The summed E-state index contributed by atoms with van der Waals surface area (Å²) in [6.45, 7) is 7.30. The van der Waals surface area contributed by atoms with Crippen molar-refractivity contribution in [1.29, 1.82) is 0 Å². The first-order valence-corrected chi connectivity index (χ1v) is 6.36. The Hall–Kier alpha value is -0.0400. The van der Waals surface area contributed by atoms with Crippen LogP contribution in [-0.4, -0.2) is 12.1 Å². The molecular weight excluding hydrogens is 170 g/mol. The van der Waals surface area contributed by atoms with Crippen LogP contribution in [0.5, 0.6) is 0 Å². The van der Waals surface area contributed by atoms with Crippen molar-refractivity contribution in [1.82, 2.24) is 5.32 Å². The summed E-state index contributed by atoms with van der Waals surface area (Å²) in [5.41, 5.74) is 0.594. The van der Waals surface area contributed by atoms with Gasteiger partial charge in [-0.1, -0.05) is 27.2 Å². The third kappa shape index (κ3) is 1.98. The van der Waals surface area contributed by atoms with Crippen LogP contribution in [0.2, 0.25) is 0 Å². The molecular formula is C13H25N. The van der Waals surface area contributed by atoms with E-state index in [-0.39, 0.29) is 0 Å². The van der Waals surface area contributed by atoms with Crippen molar-refractivity contribution >= 4 is 0 Å². The topological polar surface area (TPSA) is 12.0 Å². The van der Waals surface area contributed by atoms with Crippen LogP contribution in [0, 0.1) is 11.3 Å². The van der Waals surface area contributed by atoms with Gasteiger partial charge in [-0.15, -0.1) is 0 Å². The van der Waals surface area contributed by atoms with E-state index >= 15 is 0 Å². The molecule has 14 heavy (non-hydrogen) atoms. The van der Waals surface area contributed by atoms with Crippen molar-refractivity contribution in [3.05, 3.63) is 0 Å². The maximum absolute atomic E-state index is 3.83. The van der Waals surface area contributed by atoms with Crippen LogP contribution in [0.25, 0.3) is 0 Å². The second-order valence-electron chi connectivity index (χ2n) is 6.04. The van der Waals surface area contributed by atoms with E-state index in [4.69, 9.17) is 0 Å². The van der Waals surface area contributed by atoms with E-state index < -0.39 is 0 Å². The highest BCUT2D eigenvalue weighted by atomic mass is 15.0. The first-order chi connectivity index (χ1) is 6.60. The Balaban J connectivity index is 2.09. The van der Waals surface area contributed by atoms with Crippen molar-refractivity contribution in [2.24, 2.45) is 11.3 Å². The third-order valence-corrected chi connectivity index (χ3v) is 4.75. The molecule has 1 N–H and O–H groups in total. The zero-order valence-electron chi connectivity index (χ0n) is 9.97. The number of nitrogens with one attached hydrogen (secondary N) is 1. The summed E-state index contributed by atoms with van der Waals surface area (Å²) in [4.78, 5) is 0. The van der Waals surface area contributed by atoms with Gasteiger partial charge in [-0.3, -0.25) is 0 Å². The molecule has 2 fully saturated rings. The fourth-order valence-electron chi connectivity index (χ4n) is 3.19. The number of piperidine rings is 1. The minimum Gasteiger partial charge on any atom is -0.311 e. The second kappa shape index (κ2) is 3.84. The molecule has 0 radical (unpaired) electrons. The Morgan fingerprint density at radius 2 is 1.86 bits per heavy atom. The minimum atomic E-state index is 0.594. The van der Waals surface area contributed by atoms with Gasteiger partial charge in [0, 0.05) is 12.1 Å². The molecule has 1 heteroatoms. The van der Waals surface area contributed by atoms with Crippen LogP contribution in [0.3, 0.4) is 0 Å². The number of hydrogen-bond donors (Lipinski definition) is 1. The van der Waals surface area contributed by atoms with Crippen LogP contribution in [0.15, 0.2) is 0 Å². The molecule has 0 aromatic rings. The lowest BCUT2D eigenvalue weighted by atomic mass is 9.72. The standard InChI is InChI=1S/C13H25N/c1-10(2)13(3)8-7-11-5-4-6-12(9-13)14-11/h10-12,14H,4-9H2,1-3H3. The summed E-state index contributed by atoms with van der Waals surface area (Å²) in [6.07, 6.45) is 8.53. The van der Waals surface area contributed by atoms with Crippen LogP contribution in [0.1, 0.15) is 59.3 Å². The number of rotatable bonds is 1. The van der Waals surface area contributed by atoms with Gasteiger partial charge in [0.15, 0.2) is 0 Å². The predicted octanol–water partition coefficient (Wildman–Crippen LogP) is 3.34. The molecule has 2 heterocycles. The van der Waals surface area contributed by atoms with Gasteiger partial charge < -0.3 is 5.32 Å². The van der Waals surface area contributed by atoms with Gasteiger partial charge >= 0.3 is 0 Å². The van der Waals surface area contributed by atoms with Crippen LogP contribution >= 0.6 is 0 Å². The van der Waals surface area contributed by atoms with Crippen LogP contribution in [-0.2, 0) is 0 Å².